The molecule has 0 saturated carbocycles. The molecule has 0 unspecified atom stereocenters. The van der Waals surface area contributed by atoms with Gasteiger partial charge in [0.05, 0.1) is 6.61 Å². The Balaban J connectivity index is 2.87. The number of aromatic nitrogens is 1. The first-order chi connectivity index (χ1) is 6.70. The molecule has 0 atom stereocenters. The lowest BCUT2D eigenvalue weighted by atomic mass is 10.2. The molecule has 1 heterocycles. The summed E-state index contributed by atoms with van der Waals surface area (Å²) < 4.78 is 2.25. The van der Waals surface area contributed by atoms with E-state index in [4.69, 9.17) is 0 Å². The zero-order valence-electron chi connectivity index (χ0n) is 9.45. The maximum atomic E-state index is 9.19. The van der Waals surface area contributed by atoms with Crippen molar-refractivity contribution in [2.45, 2.75) is 52.7 Å². The highest BCUT2D eigenvalue weighted by molar-refractivity contribution is 5.17. The average Bonchev–Trinajstić information content (AvgIpc) is 2.57. The number of aliphatic hydroxyl groups excluding tert-OH is 1. The molecule has 0 aliphatic rings. The number of aryl methyl sites for hydroxylation is 1. The molecule has 0 aromatic carbocycles. The summed E-state index contributed by atoms with van der Waals surface area (Å²) >= 11 is 0. The van der Waals surface area contributed by atoms with Gasteiger partial charge >= 0.3 is 0 Å². The Kier molecular flexibility index (Phi) is 4.21. The third kappa shape index (κ3) is 2.38. The monoisotopic (exact) mass is 195 g/mol. The van der Waals surface area contributed by atoms with Gasteiger partial charge < -0.3 is 9.67 Å². The van der Waals surface area contributed by atoms with Crippen LogP contribution in [0.5, 0.6) is 0 Å². The summed E-state index contributed by atoms with van der Waals surface area (Å²) in [5.74, 6) is 0. The van der Waals surface area contributed by atoms with E-state index in [1.807, 2.05) is 6.07 Å². The standard InChI is InChI=1S/C12H21NO/c1-4-5-6-11-7-8-12(9-14)13(11)10(2)3/h7-8,10,14H,4-6,9H2,1-3H3. The second-order valence-electron chi connectivity index (χ2n) is 4.04. The fourth-order valence-electron chi connectivity index (χ4n) is 1.89. The number of unbranched alkanes of at least 4 members (excludes halogenated alkanes) is 1. The second-order valence-corrected chi connectivity index (χ2v) is 4.04. The van der Waals surface area contributed by atoms with Crippen LogP contribution in [0.4, 0.5) is 0 Å². The lowest BCUT2D eigenvalue weighted by molar-refractivity contribution is 0.267. The number of hydrogen-bond acceptors (Lipinski definition) is 1. The number of hydrogen-bond donors (Lipinski definition) is 1. The van der Waals surface area contributed by atoms with Crippen molar-refractivity contribution in [3.8, 4) is 0 Å². The van der Waals surface area contributed by atoms with E-state index in [-0.39, 0.29) is 6.61 Å². The van der Waals surface area contributed by atoms with Crippen LogP contribution in [0.1, 0.15) is 51.0 Å². The van der Waals surface area contributed by atoms with Gasteiger partial charge in [-0.25, -0.2) is 0 Å². The maximum Gasteiger partial charge on any atom is 0.0833 e. The maximum absolute atomic E-state index is 9.19. The van der Waals surface area contributed by atoms with E-state index >= 15 is 0 Å². The number of aliphatic hydroxyl groups is 1. The summed E-state index contributed by atoms with van der Waals surface area (Å²) in [5.41, 5.74) is 2.39. The Labute approximate surface area is 86.6 Å². The first-order valence-corrected chi connectivity index (χ1v) is 5.50. The highest BCUT2D eigenvalue weighted by Crippen LogP contribution is 2.18. The lowest BCUT2D eigenvalue weighted by Gasteiger charge is -2.16. The number of nitrogens with zero attached hydrogens (tertiary/aromatic N) is 1. The molecule has 0 saturated heterocycles. The highest BCUT2D eigenvalue weighted by Gasteiger charge is 2.09. The minimum Gasteiger partial charge on any atom is -0.390 e. The van der Waals surface area contributed by atoms with Gasteiger partial charge in [-0.15, -0.1) is 0 Å². The van der Waals surface area contributed by atoms with E-state index in [0.29, 0.717) is 6.04 Å². The van der Waals surface area contributed by atoms with Crippen LogP contribution in [0.3, 0.4) is 0 Å². The van der Waals surface area contributed by atoms with Gasteiger partial charge in [-0.2, -0.15) is 0 Å². The van der Waals surface area contributed by atoms with Gasteiger partial charge in [-0.3, -0.25) is 0 Å². The molecule has 0 aliphatic carbocycles. The van der Waals surface area contributed by atoms with Gasteiger partial charge in [-0.05, 0) is 38.8 Å². The normalized spacial score (nSPS) is 11.2. The van der Waals surface area contributed by atoms with E-state index in [0.717, 1.165) is 12.1 Å². The molecule has 1 aromatic rings. The molecule has 0 fully saturated rings. The SMILES string of the molecule is CCCCc1ccc(CO)n1C(C)C. The zero-order chi connectivity index (χ0) is 10.6. The molecular weight excluding hydrogens is 174 g/mol. The van der Waals surface area contributed by atoms with Crippen molar-refractivity contribution >= 4 is 0 Å². The van der Waals surface area contributed by atoms with Crippen molar-refractivity contribution in [2.24, 2.45) is 0 Å². The molecule has 0 spiro atoms. The van der Waals surface area contributed by atoms with E-state index in [1.54, 1.807) is 0 Å². The molecule has 0 bridgehead atoms. The molecule has 1 rings (SSSR count). The Hall–Kier alpha value is -0.760. The minimum absolute atomic E-state index is 0.143. The molecule has 2 nitrogen and oxygen atoms in total. The summed E-state index contributed by atoms with van der Waals surface area (Å²) in [7, 11) is 0. The minimum atomic E-state index is 0.143. The predicted molar refractivity (Wildman–Crippen MR) is 59.4 cm³/mol. The summed E-state index contributed by atoms with van der Waals surface area (Å²) in [6.45, 7) is 6.67. The Morgan fingerprint density at radius 2 is 1.93 bits per heavy atom. The van der Waals surface area contributed by atoms with Crippen LogP contribution in [-0.4, -0.2) is 9.67 Å². The molecule has 80 valence electrons. The first-order valence-electron chi connectivity index (χ1n) is 5.50. The van der Waals surface area contributed by atoms with E-state index < -0.39 is 0 Å². The van der Waals surface area contributed by atoms with Gasteiger partial charge in [0, 0.05) is 17.4 Å². The van der Waals surface area contributed by atoms with Crippen molar-refractivity contribution in [3.63, 3.8) is 0 Å². The van der Waals surface area contributed by atoms with Crippen molar-refractivity contribution in [2.75, 3.05) is 0 Å². The average molecular weight is 195 g/mol. The van der Waals surface area contributed by atoms with Gasteiger partial charge in [0.1, 0.15) is 0 Å². The number of rotatable bonds is 5. The smallest absolute Gasteiger partial charge is 0.0833 e. The Morgan fingerprint density at radius 3 is 2.43 bits per heavy atom. The largest absolute Gasteiger partial charge is 0.390 e. The van der Waals surface area contributed by atoms with Crippen molar-refractivity contribution in [1.82, 2.24) is 4.57 Å². The summed E-state index contributed by atoms with van der Waals surface area (Å²) in [4.78, 5) is 0. The fraction of sp³-hybridized carbons (Fsp3) is 0.667. The molecular formula is C12H21NO. The third-order valence-corrected chi connectivity index (χ3v) is 2.55. The Morgan fingerprint density at radius 1 is 1.29 bits per heavy atom. The summed E-state index contributed by atoms with van der Waals surface area (Å²) in [5, 5.41) is 9.19. The Bertz CT molecular complexity index is 276. The van der Waals surface area contributed by atoms with Crippen LogP contribution in [0, 0.1) is 0 Å². The fourth-order valence-corrected chi connectivity index (χ4v) is 1.89. The zero-order valence-corrected chi connectivity index (χ0v) is 9.45. The highest BCUT2D eigenvalue weighted by atomic mass is 16.3. The van der Waals surface area contributed by atoms with E-state index in [9.17, 15) is 5.11 Å². The summed E-state index contributed by atoms with van der Waals surface area (Å²) in [6, 6.07) is 4.62. The van der Waals surface area contributed by atoms with Crippen LogP contribution in [0.25, 0.3) is 0 Å². The molecule has 0 aliphatic heterocycles. The molecule has 0 radical (unpaired) electrons. The van der Waals surface area contributed by atoms with Gasteiger partial charge in [0.2, 0.25) is 0 Å². The van der Waals surface area contributed by atoms with Gasteiger partial charge in [0.15, 0.2) is 0 Å². The quantitative estimate of drug-likeness (QED) is 0.768. The van der Waals surface area contributed by atoms with Gasteiger partial charge in [-0.1, -0.05) is 13.3 Å². The predicted octanol–water partition coefficient (Wildman–Crippen LogP) is 2.90. The molecule has 14 heavy (non-hydrogen) atoms. The van der Waals surface area contributed by atoms with Gasteiger partial charge in [0.25, 0.3) is 0 Å². The lowest BCUT2D eigenvalue weighted by Crippen LogP contribution is -2.09. The van der Waals surface area contributed by atoms with Crippen LogP contribution >= 0.6 is 0 Å². The van der Waals surface area contributed by atoms with Crippen LogP contribution < -0.4 is 0 Å². The van der Waals surface area contributed by atoms with Crippen molar-refractivity contribution < 1.29 is 5.11 Å². The van der Waals surface area contributed by atoms with Crippen molar-refractivity contribution in [3.05, 3.63) is 23.5 Å². The topological polar surface area (TPSA) is 25.2 Å². The van der Waals surface area contributed by atoms with Crippen molar-refractivity contribution in [1.29, 1.82) is 0 Å². The van der Waals surface area contributed by atoms with Crippen LogP contribution in [-0.2, 0) is 13.0 Å². The molecule has 2 heteroatoms. The molecule has 0 amide bonds. The third-order valence-electron chi connectivity index (χ3n) is 2.55. The first kappa shape index (κ1) is 11.3. The second kappa shape index (κ2) is 5.20. The summed E-state index contributed by atoms with van der Waals surface area (Å²) in [6.07, 6.45) is 3.56. The van der Waals surface area contributed by atoms with E-state index in [1.165, 1.54) is 18.5 Å². The van der Waals surface area contributed by atoms with Crippen LogP contribution in [0.15, 0.2) is 12.1 Å². The molecule has 1 N–H and O–H groups in total. The van der Waals surface area contributed by atoms with E-state index in [2.05, 4.69) is 31.4 Å². The van der Waals surface area contributed by atoms with Crippen LogP contribution in [0.2, 0.25) is 0 Å². The molecule has 1 aromatic heterocycles.